The highest BCUT2D eigenvalue weighted by molar-refractivity contribution is 5.79. The van der Waals surface area contributed by atoms with Crippen LogP contribution < -0.4 is 10.6 Å². The summed E-state index contributed by atoms with van der Waals surface area (Å²) in [6, 6.07) is 10.3. The van der Waals surface area contributed by atoms with Gasteiger partial charge in [0.2, 0.25) is 0 Å². The third kappa shape index (κ3) is 12.4. The minimum absolute atomic E-state index is 0.689. The highest BCUT2D eigenvalue weighted by Crippen LogP contribution is 2.01. The molecule has 0 saturated heterocycles. The van der Waals surface area contributed by atoms with Crippen LogP contribution in [0.3, 0.4) is 0 Å². The number of unbranched alkanes of at least 4 members (excludes halogenated alkanes) is 1. The second kappa shape index (κ2) is 14.7. The molecule has 0 atom stereocenters. The molecule has 0 spiro atoms. The summed E-state index contributed by atoms with van der Waals surface area (Å²) in [6.07, 6.45) is 3.20. The van der Waals surface area contributed by atoms with Gasteiger partial charge in [-0.3, -0.25) is 4.99 Å². The van der Waals surface area contributed by atoms with Gasteiger partial charge in [-0.25, -0.2) is 0 Å². The Bertz CT molecular complexity index is 450. The van der Waals surface area contributed by atoms with Crippen molar-refractivity contribution in [1.29, 1.82) is 0 Å². The highest BCUT2D eigenvalue weighted by atomic mass is 16.5. The molecule has 0 amide bonds. The van der Waals surface area contributed by atoms with Gasteiger partial charge in [-0.15, -0.1) is 0 Å². The van der Waals surface area contributed by atoms with Crippen LogP contribution in [0.2, 0.25) is 0 Å². The van der Waals surface area contributed by atoms with Gasteiger partial charge in [-0.2, -0.15) is 0 Å². The summed E-state index contributed by atoms with van der Waals surface area (Å²) in [5.74, 6) is 1.52. The maximum Gasteiger partial charge on any atom is 0.191 e. The first-order valence-electron chi connectivity index (χ1n) is 9.36. The first kappa shape index (κ1) is 21.5. The summed E-state index contributed by atoms with van der Waals surface area (Å²) in [4.78, 5) is 4.22. The Balaban J connectivity index is 1.93. The molecule has 0 fully saturated rings. The Morgan fingerprint density at radius 3 is 2.44 bits per heavy atom. The summed E-state index contributed by atoms with van der Waals surface area (Å²) >= 11 is 0. The van der Waals surface area contributed by atoms with E-state index in [1.807, 2.05) is 18.2 Å². The molecule has 0 radical (unpaired) electrons. The minimum Gasteiger partial charge on any atom is -0.380 e. The van der Waals surface area contributed by atoms with E-state index in [4.69, 9.17) is 9.47 Å². The van der Waals surface area contributed by atoms with E-state index in [0.717, 1.165) is 51.5 Å². The predicted octanol–water partition coefficient (Wildman–Crippen LogP) is 3.21. The molecule has 0 saturated carbocycles. The van der Waals surface area contributed by atoms with Gasteiger partial charge in [0.15, 0.2) is 5.96 Å². The number of hydrogen-bond acceptors (Lipinski definition) is 3. The molecule has 0 aliphatic carbocycles. The van der Waals surface area contributed by atoms with Crippen molar-refractivity contribution in [1.82, 2.24) is 10.6 Å². The Morgan fingerprint density at radius 2 is 1.72 bits per heavy atom. The fourth-order valence-corrected chi connectivity index (χ4v) is 2.18. The van der Waals surface area contributed by atoms with Gasteiger partial charge >= 0.3 is 0 Å². The SMILES string of the molecule is CN=C(NCCCCOCc1ccccc1)NCCOCCC(C)C. The lowest BCUT2D eigenvalue weighted by molar-refractivity contribution is 0.117. The molecule has 142 valence electrons. The van der Waals surface area contributed by atoms with Crippen molar-refractivity contribution in [3.63, 3.8) is 0 Å². The Labute approximate surface area is 153 Å². The Hall–Kier alpha value is -1.59. The van der Waals surface area contributed by atoms with Crippen LogP contribution in [-0.2, 0) is 16.1 Å². The molecule has 5 heteroatoms. The number of nitrogens with zero attached hydrogens (tertiary/aromatic N) is 1. The summed E-state index contributed by atoms with van der Waals surface area (Å²) in [5, 5.41) is 6.58. The van der Waals surface area contributed by atoms with Crippen molar-refractivity contribution in [2.45, 2.75) is 39.7 Å². The first-order valence-corrected chi connectivity index (χ1v) is 9.36. The number of hydrogen-bond donors (Lipinski definition) is 2. The van der Waals surface area contributed by atoms with Crippen LogP contribution in [0, 0.1) is 5.92 Å². The monoisotopic (exact) mass is 349 g/mol. The second-order valence-electron chi connectivity index (χ2n) is 6.47. The second-order valence-corrected chi connectivity index (χ2v) is 6.47. The van der Waals surface area contributed by atoms with Gasteiger partial charge in [-0.1, -0.05) is 44.2 Å². The van der Waals surface area contributed by atoms with Crippen molar-refractivity contribution in [3.05, 3.63) is 35.9 Å². The topological polar surface area (TPSA) is 54.9 Å². The quantitative estimate of drug-likeness (QED) is 0.326. The van der Waals surface area contributed by atoms with Crippen LogP contribution in [0.5, 0.6) is 0 Å². The van der Waals surface area contributed by atoms with Crippen molar-refractivity contribution in [2.24, 2.45) is 10.9 Å². The predicted molar refractivity (Wildman–Crippen MR) is 105 cm³/mol. The Morgan fingerprint density at radius 1 is 0.960 bits per heavy atom. The third-order valence-corrected chi connectivity index (χ3v) is 3.72. The lowest BCUT2D eigenvalue weighted by atomic mass is 10.1. The van der Waals surface area contributed by atoms with Crippen LogP contribution >= 0.6 is 0 Å². The summed E-state index contributed by atoms with van der Waals surface area (Å²) in [7, 11) is 1.79. The lowest BCUT2D eigenvalue weighted by Crippen LogP contribution is -2.39. The molecule has 0 aliphatic heterocycles. The molecule has 0 unspecified atom stereocenters. The number of ether oxygens (including phenoxy) is 2. The van der Waals surface area contributed by atoms with Crippen LogP contribution in [0.15, 0.2) is 35.3 Å². The lowest BCUT2D eigenvalue weighted by Gasteiger charge is -2.12. The van der Waals surface area contributed by atoms with E-state index in [0.29, 0.717) is 19.1 Å². The van der Waals surface area contributed by atoms with Crippen LogP contribution in [0.4, 0.5) is 0 Å². The van der Waals surface area contributed by atoms with E-state index < -0.39 is 0 Å². The molecule has 0 heterocycles. The molecule has 1 rings (SSSR count). The fraction of sp³-hybridized carbons (Fsp3) is 0.650. The van der Waals surface area contributed by atoms with Gasteiger partial charge in [0, 0.05) is 33.4 Å². The molecular formula is C20H35N3O2. The molecule has 1 aromatic carbocycles. The normalized spacial score (nSPS) is 11.8. The average Bonchev–Trinajstić information content (AvgIpc) is 2.62. The van der Waals surface area contributed by atoms with Crippen molar-refractivity contribution < 1.29 is 9.47 Å². The highest BCUT2D eigenvalue weighted by Gasteiger charge is 1.98. The standard InChI is InChI=1S/C20H35N3O2/c1-18(2)11-15-24-16-13-23-20(21-3)22-12-7-8-14-25-17-19-9-5-4-6-10-19/h4-6,9-10,18H,7-8,11-17H2,1-3H3,(H2,21,22,23). The molecule has 0 aliphatic rings. The van der Waals surface area contributed by atoms with E-state index in [1.165, 1.54) is 5.56 Å². The largest absolute Gasteiger partial charge is 0.380 e. The molecule has 0 bridgehead atoms. The van der Waals surface area contributed by atoms with Gasteiger partial charge in [-0.05, 0) is 30.7 Å². The number of aliphatic imine (C=N–C) groups is 1. The Kier molecular flexibility index (Phi) is 12.6. The van der Waals surface area contributed by atoms with Gasteiger partial charge < -0.3 is 20.1 Å². The number of guanidine groups is 1. The van der Waals surface area contributed by atoms with Gasteiger partial charge in [0.1, 0.15) is 0 Å². The zero-order valence-electron chi connectivity index (χ0n) is 16.1. The van der Waals surface area contributed by atoms with Crippen molar-refractivity contribution in [3.8, 4) is 0 Å². The van der Waals surface area contributed by atoms with E-state index in [1.54, 1.807) is 7.05 Å². The molecular weight excluding hydrogens is 314 g/mol. The average molecular weight is 350 g/mol. The van der Waals surface area contributed by atoms with E-state index in [9.17, 15) is 0 Å². The maximum absolute atomic E-state index is 5.68. The molecule has 5 nitrogen and oxygen atoms in total. The number of nitrogens with one attached hydrogen (secondary N) is 2. The van der Waals surface area contributed by atoms with Crippen LogP contribution in [0.25, 0.3) is 0 Å². The summed E-state index contributed by atoms with van der Waals surface area (Å²) < 4.78 is 11.3. The van der Waals surface area contributed by atoms with Crippen molar-refractivity contribution in [2.75, 3.05) is 40.0 Å². The van der Waals surface area contributed by atoms with Crippen LogP contribution in [-0.4, -0.2) is 45.9 Å². The van der Waals surface area contributed by atoms with Crippen LogP contribution in [0.1, 0.15) is 38.7 Å². The van der Waals surface area contributed by atoms with Gasteiger partial charge in [0.25, 0.3) is 0 Å². The molecule has 2 N–H and O–H groups in total. The minimum atomic E-state index is 0.689. The van der Waals surface area contributed by atoms with Crippen molar-refractivity contribution >= 4 is 5.96 Å². The zero-order chi connectivity index (χ0) is 18.2. The smallest absolute Gasteiger partial charge is 0.191 e. The summed E-state index contributed by atoms with van der Waals surface area (Å²) in [5.41, 5.74) is 1.22. The number of benzene rings is 1. The zero-order valence-corrected chi connectivity index (χ0v) is 16.1. The molecule has 25 heavy (non-hydrogen) atoms. The molecule has 0 aromatic heterocycles. The van der Waals surface area contributed by atoms with E-state index in [-0.39, 0.29) is 0 Å². The van der Waals surface area contributed by atoms with E-state index >= 15 is 0 Å². The summed E-state index contributed by atoms with van der Waals surface area (Å²) in [6.45, 7) is 9.09. The maximum atomic E-state index is 5.68. The van der Waals surface area contributed by atoms with E-state index in [2.05, 4.69) is 41.6 Å². The third-order valence-electron chi connectivity index (χ3n) is 3.72. The number of rotatable bonds is 13. The fourth-order valence-electron chi connectivity index (χ4n) is 2.18. The van der Waals surface area contributed by atoms with Gasteiger partial charge in [0.05, 0.1) is 13.2 Å². The first-order chi connectivity index (χ1) is 12.2. The molecule has 1 aromatic rings.